The molecule has 7 nitrogen and oxygen atoms in total. The maximum Gasteiger partial charge on any atom is 0.372 e. The van der Waals surface area contributed by atoms with Crippen LogP contribution in [0.5, 0.6) is 5.75 Å². The van der Waals surface area contributed by atoms with Crippen molar-refractivity contribution in [2.24, 2.45) is 5.11 Å². The molecule has 86 valence electrons. The van der Waals surface area contributed by atoms with E-state index in [1.165, 1.54) is 18.2 Å². The third-order valence-corrected chi connectivity index (χ3v) is 2.28. The fourth-order valence-electron chi connectivity index (χ4n) is 1.62. The summed E-state index contributed by atoms with van der Waals surface area (Å²) in [5.41, 5.74) is 8.66. The van der Waals surface area contributed by atoms with E-state index in [0.717, 1.165) is 0 Å². The lowest BCUT2D eigenvalue weighted by atomic mass is 10.1. The van der Waals surface area contributed by atoms with Gasteiger partial charge >= 0.3 is 5.97 Å². The maximum absolute atomic E-state index is 11.0. The van der Waals surface area contributed by atoms with Crippen molar-refractivity contribution in [2.75, 3.05) is 0 Å². The van der Waals surface area contributed by atoms with Gasteiger partial charge in [0.05, 0.1) is 11.9 Å². The minimum absolute atomic E-state index is 0.109. The van der Waals surface area contributed by atoms with E-state index in [2.05, 4.69) is 10.0 Å². The van der Waals surface area contributed by atoms with E-state index in [9.17, 15) is 9.90 Å². The number of phenolic OH excluding ortho intramolecular Hbond substituents is 1. The average Bonchev–Trinajstić information content (AvgIpc) is 2.66. The second-order valence-corrected chi connectivity index (χ2v) is 3.25. The van der Waals surface area contributed by atoms with Crippen LogP contribution in [0.25, 0.3) is 21.4 Å². The molecule has 0 fully saturated rings. The van der Waals surface area contributed by atoms with E-state index in [0.29, 0.717) is 0 Å². The molecule has 2 N–H and O–H groups in total. The molecule has 0 aliphatic rings. The van der Waals surface area contributed by atoms with E-state index in [1.54, 1.807) is 0 Å². The number of nitrogens with zero attached hydrogens (tertiary/aromatic N) is 3. The fourth-order valence-corrected chi connectivity index (χ4v) is 1.62. The smallest absolute Gasteiger partial charge is 0.372 e. The van der Waals surface area contributed by atoms with E-state index >= 15 is 0 Å². The van der Waals surface area contributed by atoms with Gasteiger partial charge in [-0.25, -0.2) is 4.79 Å². The second kappa shape index (κ2) is 4.07. The normalized spacial score (nSPS) is 10.1. The molecule has 1 heterocycles. The number of furan rings is 1. The van der Waals surface area contributed by atoms with E-state index < -0.39 is 5.97 Å². The van der Waals surface area contributed by atoms with Crippen LogP contribution in [-0.2, 0) is 6.54 Å². The van der Waals surface area contributed by atoms with Crippen LogP contribution in [0.4, 0.5) is 0 Å². The highest BCUT2D eigenvalue weighted by atomic mass is 16.4. The summed E-state index contributed by atoms with van der Waals surface area (Å²) in [6.07, 6.45) is 0. The summed E-state index contributed by atoms with van der Waals surface area (Å²) in [5.74, 6) is -1.71. The van der Waals surface area contributed by atoms with Gasteiger partial charge in [0.25, 0.3) is 0 Å². The lowest BCUT2D eigenvalue weighted by Crippen LogP contribution is -1.97. The van der Waals surface area contributed by atoms with E-state index in [4.69, 9.17) is 15.1 Å². The van der Waals surface area contributed by atoms with Gasteiger partial charge in [-0.05, 0) is 17.7 Å². The predicted molar refractivity (Wildman–Crippen MR) is 57.7 cm³/mol. The van der Waals surface area contributed by atoms with Gasteiger partial charge in [-0.3, -0.25) is 0 Å². The molecule has 7 heteroatoms. The largest absolute Gasteiger partial charge is 0.507 e. The molecule has 0 bridgehead atoms. The summed E-state index contributed by atoms with van der Waals surface area (Å²) in [4.78, 5) is 13.5. The highest BCUT2D eigenvalue weighted by Crippen LogP contribution is 2.33. The molecule has 1 aromatic carbocycles. The zero-order valence-electron chi connectivity index (χ0n) is 8.49. The summed E-state index contributed by atoms with van der Waals surface area (Å²) in [7, 11) is 0. The molecular formula is C10H7N3O4. The Morgan fingerprint density at radius 1 is 1.53 bits per heavy atom. The molecule has 0 radical (unpaired) electrons. The van der Waals surface area contributed by atoms with Crippen LogP contribution in [-0.4, -0.2) is 16.2 Å². The Hall–Kier alpha value is -2.66. The number of azide groups is 1. The Labute approximate surface area is 94.5 Å². The molecule has 2 aromatic rings. The quantitative estimate of drug-likeness (QED) is 0.480. The van der Waals surface area contributed by atoms with Gasteiger partial charge in [0.2, 0.25) is 5.76 Å². The minimum Gasteiger partial charge on any atom is -0.507 e. The lowest BCUT2D eigenvalue weighted by molar-refractivity contribution is 0.0663. The summed E-state index contributed by atoms with van der Waals surface area (Å²) in [6.45, 7) is -0.192. The lowest BCUT2D eigenvalue weighted by Gasteiger charge is -1.96. The summed E-state index contributed by atoms with van der Waals surface area (Å²) < 4.78 is 5.10. The molecule has 0 amide bonds. The second-order valence-electron chi connectivity index (χ2n) is 3.25. The maximum atomic E-state index is 11.0. The number of phenols is 1. The summed E-state index contributed by atoms with van der Waals surface area (Å²) >= 11 is 0. The van der Waals surface area contributed by atoms with Gasteiger partial charge in [0.15, 0.2) is 0 Å². The SMILES string of the molecule is [N-]=[N+]=NCc1c(C(=O)O)oc2cccc(O)c12. The molecule has 17 heavy (non-hydrogen) atoms. The first-order valence-corrected chi connectivity index (χ1v) is 4.62. The van der Waals surface area contributed by atoms with Crippen LogP contribution in [0.1, 0.15) is 16.1 Å². The Kier molecular flexibility index (Phi) is 2.60. The standard InChI is InChI=1S/C10H7N3O4/c11-13-12-4-5-8-6(14)2-1-3-7(8)17-9(5)10(15)16/h1-3,14H,4H2,(H,15,16). The van der Waals surface area contributed by atoms with E-state index in [1.807, 2.05) is 0 Å². The topological polar surface area (TPSA) is 119 Å². The van der Waals surface area contributed by atoms with Crippen molar-refractivity contribution < 1.29 is 19.4 Å². The van der Waals surface area contributed by atoms with Crippen LogP contribution in [0.3, 0.4) is 0 Å². The van der Waals surface area contributed by atoms with Gasteiger partial charge < -0.3 is 14.6 Å². The van der Waals surface area contributed by atoms with Crippen LogP contribution >= 0.6 is 0 Å². The van der Waals surface area contributed by atoms with Crippen molar-refractivity contribution in [1.29, 1.82) is 0 Å². The first-order chi connectivity index (χ1) is 8.15. The molecule has 0 atom stereocenters. The van der Waals surface area contributed by atoms with Crippen LogP contribution in [0.15, 0.2) is 27.7 Å². The summed E-state index contributed by atoms with van der Waals surface area (Å²) in [6, 6.07) is 4.47. The molecule has 0 unspecified atom stereocenters. The van der Waals surface area contributed by atoms with Crippen LogP contribution in [0, 0.1) is 0 Å². The number of aromatic hydroxyl groups is 1. The molecule has 0 aliphatic heterocycles. The molecule has 0 saturated heterocycles. The zero-order valence-corrected chi connectivity index (χ0v) is 8.49. The van der Waals surface area contributed by atoms with Crippen LogP contribution < -0.4 is 0 Å². The fraction of sp³-hybridized carbons (Fsp3) is 0.100. The first kappa shape index (κ1) is 10.8. The van der Waals surface area contributed by atoms with Crippen molar-refractivity contribution in [1.82, 2.24) is 0 Å². The molecule has 1 aromatic heterocycles. The van der Waals surface area contributed by atoms with Gasteiger partial charge in [0, 0.05) is 10.5 Å². The zero-order chi connectivity index (χ0) is 12.4. The van der Waals surface area contributed by atoms with Crippen molar-refractivity contribution in [3.8, 4) is 5.75 Å². The number of fused-ring (bicyclic) bond motifs is 1. The molecule has 0 spiro atoms. The molecule has 2 rings (SSSR count). The molecule has 0 aliphatic carbocycles. The van der Waals surface area contributed by atoms with Gasteiger partial charge in [-0.15, -0.1) is 0 Å². The molecular weight excluding hydrogens is 226 g/mol. The van der Waals surface area contributed by atoms with Crippen molar-refractivity contribution in [3.05, 3.63) is 40.0 Å². The highest BCUT2D eigenvalue weighted by Gasteiger charge is 2.21. The monoisotopic (exact) mass is 233 g/mol. The summed E-state index contributed by atoms with van der Waals surface area (Å²) in [5, 5.41) is 22.2. The Morgan fingerprint density at radius 3 is 2.94 bits per heavy atom. The van der Waals surface area contributed by atoms with Gasteiger partial charge in [0.1, 0.15) is 11.3 Å². The van der Waals surface area contributed by atoms with Gasteiger partial charge in [-0.1, -0.05) is 11.2 Å². The third-order valence-electron chi connectivity index (χ3n) is 2.28. The number of hydrogen-bond acceptors (Lipinski definition) is 4. The number of hydrogen-bond donors (Lipinski definition) is 2. The number of carboxylic acid groups (broad SMARTS) is 1. The van der Waals surface area contributed by atoms with Crippen molar-refractivity contribution in [3.63, 3.8) is 0 Å². The highest BCUT2D eigenvalue weighted by molar-refractivity contribution is 5.97. The third kappa shape index (κ3) is 1.75. The number of carbonyl (C=O) groups is 1. The first-order valence-electron chi connectivity index (χ1n) is 4.62. The Morgan fingerprint density at radius 2 is 2.29 bits per heavy atom. The predicted octanol–water partition coefficient (Wildman–Crippen LogP) is 2.65. The number of benzene rings is 1. The van der Waals surface area contributed by atoms with Crippen molar-refractivity contribution >= 4 is 16.9 Å². The van der Waals surface area contributed by atoms with Gasteiger partial charge in [-0.2, -0.15) is 0 Å². The number of aromatic carboxylic acids is 1. The number of rotatable bonds is 3. The Bertz CT molecular complexity index is 640. The molecule has 0 saturated carbocycles. The van der Waals surface area contributed by atoms with Crippen LogP contribution in [0.2, 0.25) is 0 Å². The van der Waals surface area contributed by atoms with Crippen molar-refractivity contribution in [2.45, 2.75) is 6.54 Å². The average molecular weight is 233 g/mol. The Balaban J connectivity index is 2.77. The minimum atomic E-state index is -1.27. The van der Waals surface area contributed by atoms with E-state index in [-0.39, 0.29) is 34.6 Å². The number of carboxylic acids is 1.